The Morgan fingerprint density at radius 2 is 1.39 bits per heavy atom. The Morgan fingerprint density at radius 1 is 0.823 bits per heavy atom. The molecule has 3 heterocycles. The van der Waals surface area contributed by atoms with Crippen LogP contribution < -0.4 is 27.4 Å². The van der Waals surface area contributed by atoms with Gasteiger partial charge >= 0.3 is 21.3 Å². The highest BCUT2D eigenvalue weighted by Crippen LogP contribution is 2.45. The minimum absolute atomic E-state index is 0.0697. The summed E-state index contributed by atoms with van der Waals surface area (Å²) < 4.78 is 59.6. The van der Waals surface area contributed by atoms with Crippen molar-refractivity contribution in [2.75, 3.05) is 91.4 Å². The number of anilines is 1. The van der Waals surface area contributed by atoms with Gasteiger partial charge in [0.15, 0.2) is 6.23 Å². The number of aryl methyl sites for hydroxylation is 1. The fraction of sp³-hybridized carbons (Fsp3) is 0.800. The Hall–Kier alpha value is -2.97. The number of phosphoric ester groups is 2. The van der Waals surface area contributed by atoms with Gasteiger partial charge in [0.1, 0.15) is 24.1 Å². The Morgan fingerprint density at radius 3 is 2.00 bits per heavy atom. The Kier molecular flexibility index (Phi) is 23.6. The van der Waals surface area contributed by atoms with E-state index < -0.39 is 52.5 Å². The number of nitrogens with one attached hydrogen (secondary N) is 3. The molecule has 3 unspecified atom stereocenters. The van der Waals surface area contributed by atoms with E-state index in [1.54, 1.807) is 0 Å². The summed E-state index contributed by atoms with van der Waals surface area (Å²) in [4.78, 5) is 91.7. The van der Waals surface area contributed by atoms with Crippen molar-refractivity contribution in [2.24, 2.45) is 0 Å². The summed E-state index contributed by atoms with van der Waals surface area (Å²) in [5.41, 5.74) is 5.20. The highest BCUT2D eigenvalue weighted by molar-refractivity contribution is 7.46. The summed E-state index contributed by atoms with van der Waals surface area (Å²) in [5.74, 6) is -0.665. The van der Waals surface area contributed by atoms with Gasteiger partial charge in [-0.1, -0.05) is 6.42 Å². The maximum Gasteiger partial charge on any atom is 0.470 e. The smallest absolute Gasteiger partial charge is 0.386 e. The van der Waals surface area contributed by atoms with Gasteiger partial charge in [-0.05, 0) is 39.5 Å². The van der Waals surface area contributed by atoms with E-state index in [-0.39, 0.29) is 69.1 Å². The largest absolute Gasteiger partial charge is 0.470 e. The number of piperidine rings is 1. The predicted octanol–water partition coefficient (Wildman–Crippen LogP) is -1.94. The topological polar surface area (TPSA) is 351 Å². The molecule has 10 N–H and O–H groups in total. The molecule has 0 aliphatic carbocycles. The highest BCUT2D eigenvalue weighted by atomic mass is 31.2. The molecule has 2 saturated heterocycles. The summed E-state index contributed by atoms with van der Waals surface area (Å²) in [6.45, 7) is 6.92. The van der Waals surface area contributed by atoms with E-state index >= 15 is 0 Å². The van der Waals surface area contributed by atoms with Crippen LogP contribution in [0.25, 0.3) is 0 Å². The molecular weight excluding hydrogens is 868 g/mol. The fourth-order valence-corrected chi connectivity index (χ4v) is 7.55. The van der Waals surface area contributed by atoms with Gasteiger partial charge in [0.05, 0.1) is 66.0 Å². The van der Waals surface area contributed by atoms with Crippen LogP contribution in [-0.4, -0.2) is 173 Å². The van der Waals surface area contributed by atoms with Gasteiger partial charge in [0.25, 0.3) is 0 Å². The quantitative estimate of drug-likeness (QED) is 0.0299. The van der Waals surface area contributed by atoms with Crippen molar-refractivity contribution in [2.45, 2.75) is 95.4 Å². The zero-order valence-electron chi connectivity index (χ0n) is 35.0. The summed E-state index contributed by atoms with van der Waals surface area (Å²) >= 11 is 0. The molecule has 2 aliphatic heterocycles. The number of carbonyl (C=O) groups excluding carboxylic acids is 3. The number of hydrogen-bond donors (Lipinski definition) is 9. The second kappa shape index (κ2) is 27.4. The molecule has 2 fully saturated rings. The van der Waals surface area contributed by atoms with E-state index in [1.807, 2.05) is 0 Å². The van der Waals surface area contributed by atoms with Crippen LogP contribution in [0.4, 0.5) is 5.82 Å². The maximum absolute atomic E-state index is 12.6. The van der Waals surface area contributed by atoms with Gasteiger partial charge in [-0.3, -0.25) is 32.9 Å². The number of nitrogens with two attached hydrogens (primary N) is 1. The Labute approximate surface area is 359 Å². The van der Waals surface area contributed by atoms with Crippen molar-refractivity contribution in [3.63, 3.8) is 0 Å². The first-order valence-electron chi connectivity index (χ1n) is 20.4. The Bertz CT molecular complexity index is 1690. The SMILES string of the molecule is CC1CCCC(C)N1CC(=O)NCCC(=O)NCCOCCOCCOCCOCCC(=O)NCCCc1cn([C@@H]2O[C@H](COP(=O)(O)O)C(OP(=O)(O)O)[C@@H]2O)c(=O)nc1N. The third-order valence-corrected chi connectivity index (χ3v) is 10.8. The number of carbonyl (C=O) groups is 3. The number of amides is 3. The van der Waals surface area contributed by atoms with Gasteiger partial charge < -0.3 is 70.0 Å². The molecule has 27 heteroatoms. The van der Waals surface area contributed by atoms with Crippen LogP contribution in [0, 0.1) is 0 Å². The molecule has 0 saturated carbocycles. The van der Waals surface area contributed by atoms with Crippen molar-refractivity contribution in [1.29, 1.82) is 0 Å². The molecular formula is C35H63N7O18P2. The van der Waals surface area contributed by atoms with E-state index in [4.69, 9.17) is 39.2 Å². The second-order valence-corrected chi connectivity index (χ2v) is 17.1. The van der Waals surface area contributed by atoms with Crippen LogP contribution in [0.1, 0.15) is 64.2 Å². The number of phosphoric acid groups is 2. The average molecular weight is 932 g/mol. The molecule has 1 aromatic heterocycles. The van der Waals surface area contributed by atoms with Crippen molar-refractivity contribution in [3.8, 4) is 0 Å². The molecule has 62 heavy (non-hydrogen) atoms. The van der Waals surface area contributed by atoms with Crippen LogP contribution in [0.15, 0.2) is 11.0 Å². The molecule has 25 nitrogen and oxygen atoms in total. The summed E-state index contributed by atoms with van der Waals surface area (Å²) in [5, 5.41) is 19.0. The maximum atomic E-state index is 12.6. The number of aliphatic hydroxyl groups is 1. The van der Waals surface area contributed by atoms with Crippen LogP contribution in [0.5, 0.6) is 0 Å². The van der Waals surface area contributed by atoms with Crippen LogP contribution in [0.3, 0.4) is 0 Å². The number of hydrogen-bond acceptors (Lipinski definition) is 17. The molecule has 6 atom stereocenters. The zero-order valence-corrected chi connectivity index (χ0v) is 36.8. The van der Waals surface area contributed by atoms with Crippen LogP contribution >= 0.6 is 15.6 Å². The van der Waals surface area contributed by atoms with E-state index in [0.29, 0.717) is 76.8 Å². The van der Waals surface area contributed by atoms with E-state index in [2.05, 4.69) is 48.7 Å². The molecule has 2 aliphatic rings. The third kappa shape index (κ3) is 20.7. The van der Waals surface area contributed by atoms with E-state index in [1.165, 1.54) is 12.6 Å². The third-order valence-electron chi connectivity index (χ3n) is 9.79. The number of rotatable bonds is 30. The normalized spacial score (nSPS) is 22.1. The first kappa shape index (κ1) is 53.4. The van der Waals surface area contributed by atoms with Crippen molar-refractivity contribution < 1.29 is 80.9 Å². The fourth-order valence-electron chi connectivity index (χ4n) is 6.64. The van der Waals surface area contributed by atoms with Gasteiger partial charge in [-0.2, -0.15) is 4.98 Å². The molecule has 356 valence electrons. The molecule has 0 spiro atoms. The Balaban J connectivity index is 1.17. The summed E-state index contributed by atoms with van der Waals surface area (Å²) in [6.07, 6.45) is -1.65. The minimum atomic E-state index is -5.24. The number of likely N-dealkylation sites (tertiary alicyclic amines) is 1. The summed E-state index contributed by atoms with van der Waals surface area (Å²) in [6, 6.07) is 0.758. The monoisotopic (exact) mass is 931 g/mol. The average Bonchev–Trinajstić information content (AvgIpc) is 3.48. The molecule has 3 amide bonds. The van der Waals surface area contributed by atoms with Gasteiger partial charge in [-0.25, -0.2) is 13.9 Å². The van der Waals surface area contributed by atoms with Crippen molar-refractivity contribution in [1.82, 2.24) is 30.4 Å². The number of nitrogens with zero attached hydrogens (tertiary/aromatic N) is 3. The number of aliphatic hydroxyl groups excluding tert-OH is 1. The van der Waals surface area contributed by atoms with Crippen LogP contribution in [-0.2, 0) is 62.7 Å². The molecule has 3 rings (SSSR count). The number of ether oxygens (including phenoxy) is 5. The van der Waals surface area contributed by atoms with Crippen molar-refractivity contribution >= 4 is 39.2 Å². The lowest BCUT2D eigenvalue weighted by Crippen LogP contribution is -2.49. The van der Waals surface area contributed by atoms with Gasteiger partial charge in [-0.15, -0.1) is 0 Å². The number of aromatic nitrogens is 2. The summed E-state index contributed by atoms with van der Waals surface area (Å²) in [7, 11) is -10.3. The van der Waals surface area contributed by atoms with E-state index in [0.717, 1.165) is 17.4 Å². The van der Waals surface area contributed by atoms with Crippen molar-refractivity contribution in [3.05, 3.63) is 22.2 Å². The van der Waals surface area contributed by atoms with Gasteiger partial charge in [0.2, 0.25) is 17.7 Å². The minimum Gasteiger partial charge on any atom is -0.386 e. The predicted molar refractivity (Wildman–Crippen MR) is 217 cm³/mol. The van der Waals surface area contributed by atoms with E-state index in [9.17, 15) is 43.2 Å². The molecule has 0 radical (unpaired) electrons. The number of nitrogen functional groups attached to an aromatic ring is 1. The second-order valence-electron chi connectivity index (χ2n) is 14.6. The lowest BCUT2D eigenvalue weighted by molar-refractivity contribution is -0.124. The molecule has 0 bridgehead atoms. The molecule has 0 aromatic carbocycles. The van der Waals surface area contributed by atoms with Crippen LogP contribution in [0.2, 0.25) is 0 Å². The molecule has 1 aromatic rings. The first-order chi connectivity index (χ1) is 29.3. The van der Waals surface area contributed by atoms with Gasteiger partial charge in [0, 0.05) is 56.3 Å². The first-order valence-corrected chi connectivity index (χ1v) is 23.4. The highest BCUT2D eigenvalue weighted by Gasteiger charge is 2.49. The zero-order chi connectivity index (χ0) is 45.7. The standard InChI is InChI=1S/C35H63N7O18P2/c1-24-5-3-6-25(2)41(24)22-30(45)38-11-8-28(43)39-12-14-55-16-18-57-20-19-56-17-15-54-13-9-29(44)37-10-4-7-26-21-42(35(47)40-33(26)36)34-31(46)32(60-62(51,52)53)27(59-34)23-58-61(48,49)50/h21,24-25,27,31-32,34,46H,3-20,22-23H2,1-2H3,(H,37,44)(H,38,45)(H,39,43)(H2,36,40,47)(H2,48,49,50)(H2,51,52,53)/t24?,25?,27-,31+,32?,34-/m1/s1. The lowest BCUT2D eigenvalue weighted by Gasteiger charge is -2.38. The lowest BCUT2D eigenvalue weighted by atomic mass is 9.97.